The van der Waals surface area contributed by atoms with Gasteiger partial charge in [-0.3, -0.25) is 14.9 Å². The Labute approximate surface area is 157 Å². The molecule has 0 aliphatic heterocycles. The van der Waals surface area contributed by atoms with E-state index in [0.29, 0.717) is 12.2 Å². The van der Waals surface area contributed by atoms with E-state index in [-0.39, 0.29) is 36.1 Å². The molecule has 0 saturated heterocycles. The van der Waals surface area contributed by atoms with Gasteiger partial charge in [0.15, 0.2) is 5.75 Å². The number of nitrogens with one attached hydrogen (secondary N) is 1. The molecular formula is C19H21N3O5. The molecule has 27 heavy (non-hydrogen) atoms. The van der Waals surface area contributed by atoms with Crippen LogP contribution in [0.15, 0.2) is 47.6 Å². The van der Waals surface area contributed by atoms with Gasteiger partial charge in [0.1, 0.15) is 0 Å². The molecule has 0 aliphatic rings. The molecule has 0 spiro atoms. The number of nitrogens with zero attached hydrogens (tertiary/aromatic N) is 2. The fourth-order valence-electron chi connectivity index (χ4n) is 2.37. The second kappa shape index (κ2) is 9.91. The Morgan fingerprint density at radius 3 is 2.52 bits per heavy atom. The molecule has 0 radical (unpaired) electrons. The van der Waals surface area contributed by atoms with Crippen molar-refractivity contribution in [2.24, 2.45) is 5.10 Å². The van der Waals surface area contributed by atoms with Crippen molar-refractivity contribution in [1.82, 2.24) is 5.43 Å². The van der Waals surface area contributed by atoms with E-state index in [1.165, 1.54) is 12.3 Å². The first-order valence-electron chi connectivity index (χ1n) is 8.49. The molecule has 8 nitrogen and oxygen atoms in total. The van der Waals surface area contributed by atoms with E-state index < -0.39 is 4.92 Å². The van der Waals surface area contributed by atoms with Crippen LogP contribution in [-0.4, -0.2) is 30.3 Å². The second-order valence-electron chi connectivity index (χ2n) is 5.45. The zero-order chi connectivity index (χ0) is 19.6. The lowest BCUT2D eigenvalue weighted by Gasteiger charge is -2.11. The number of amides is 1. The number of carbonyl (C=O) groups excluding carboxylic acids is 1. The molecule has 1 N–H and O–H groups in total. The maximum absolute atomic E-state index is 11.9. The van der Waals surface area contributed by atoms with Gasteiger partial charge < -0.3 is 9.47 Å². The van der Waals surface area contributed by atoms with E-state index in [4.69, 9.17) is 9.47 Å². The Bertz CT molecular complexity index is 822. The number of carbonyl (C=O) groups is 1. The number of rotatable bonds is 9. The Morgan fingerprint density at radius 2 is 1.89 bits per heavy atom. The number of nitro benzene ring substituents is 1. The largest absolute Gasteiger partial charge is 0.490 e. The Morgan fingerprint density at radius 1 is 1.19 bits per heavy atom. The summed E-state index contributed by atoms with van der Waals surface area (Å²) in [5, 5.41) is 15.2. The topological polar surface area (TPSA) is 103 Å². The SMILES string of the molecule is CCOc1cc(/C=N\NC(=O)Cc2ccccc2)cc([N+](=O)[O-])c1OCC. The molecule has 0 fully saturated rings. The Balaban J connectivity index is 2.15. The fraction of sp³-hybridized carbons (Fsp3) is 0.263. The van der Waals surface area contributed by atoms with Crippen LogP contribution in [0.2, 0.25) is 0 Å². The van der Waals surface area contributed by atoms with Crippen molar-refractivity contribution < 1.29 is 19.2 Å². The zero-order valence-corrected chi connectivity index (χ0v) is 15.2. The van der Waals surface area contributed by atoms with Crippen LogP contribution in [0.5, 0.6) is 11.5 Å². The van der Waals surface area contributed by atoms with Crippen molar-refractivity contribution in [3.05, 3.63) is 63.7 Å². The smallest absolute Gasteiger partial charge is 0.315 e. The first-order chi connectivity index (χ1) is 13.0. The Hall–Kier alpha value is -3.42. The predicted molar refractivity (Wildman–Crippen MR) is 101 cm³/mol. The van der Waals surface area contributed by atoms with Crippen LogP contribution in [0.3, 0.4) is 0 Å². The van der Waals surface area contributed by atoms with Crippen LogP contribution in [0, 0.1) is 10.1 Å². The molecule has 2 rings (SSSR count). The van der Waals surface area contributed by atoms with Crippen molar-refractivity contribution in [1.29, 1.82) is 0 Å². The van der Waals surface area contributed by atoms with Crippen LogP contribution < -0.4 is 14.9 Å². The van der Waals surface area contributed by atoms with Crippen molar-refractivity contribution in [2.45, 2.75) is 20.3 Å². The van der Waals surface area contributed by atoms with E-state index in [0.717, 1.165) is 5.56 Å². The first-order valence-corrected chi connectivity index (χ1v) is 8.49. The highest BCUT2D eigenvalue weighted by atomic mass is 16.6. The van der Waals surface area contributed by atoms with Gasteiger partial charge >= 0.3 is 5.69 Å². The summed E-state index contributed by atoms with van der Waals surface area (Å²) in [6.07, 6.45) is 1.51. The summed E-state index contributed by atoms with van der Waals surface area (Å²) >= 11 is 0. The molecule has 1 amide bonds. The molecule has 142 valence electrons. The molecule has 0 bridgehead atoms. The molecule has 0 saturated carbocycles. The number of benzene rings is 2. The molecule has 2 aromatic rings. The quantitative estimate of drug-likeness (QED) is 0.414. The molecule has 0 atom stereocenters. The highest BCUT2D eigenvalue weighted by Gasteiger charge is 2.22. The lowest BCUT2D eigenvalue weighted by Crippen LogP contribution is -2.19. The van der Waals surface area contributed by atoms with Gasteiger partial charge in [0.2, 0.25) is 11.7 Å². The number of hydrazone groups is 1. The number of hydrogen-bond acceptors (Lipinski definition) is 6. The third-order valence-electron chi connectivity index (χ3n) is 3.45. The summed E-state index contributed by atoms with van der Waals surface area (Å²) in [6, 6.07) is 12.1. The maximum Gasteiger partial charge on any atom is 0.315 e. The van der Waals surface area contributed by atoms with Gasteiger partial charge in [-0.15, -0.1) is 0 Å². The van der Waals surface area contributed by atoms with Gasteiger partial charge in [0, 0.05) is 11.6 Å². The van der Waals surface area contributed by atoms with Gasteiger partial charge in [0.25, 0.3) is 0 Å². The number of ether oxygens (including phenoxy) is 2. The first kappa shape index (κ1) is 19.9. The lowest BCUT2D eigenvalue weighted by molar-refractivity contribution is -0.385. The molecule has 0 unspecified atom stereocenters. The minimum atomic E-state index is -0.543. The van der Waals surface area contributed by atoms with Crippen LogP contribution in [0.1, 0.15) is 25.0 Å². The van der Waals surface area contributed by atoms with Crippen LogP contribution in [0.4, 0.5) is 5.69 Å². The van der Waals surface area contributed by atoms with Gasteiger partial charge in [-0.25, -0.2) is 5.43 Å². The third-order valence-corrected chi connectivity index (χ3v) is 3.45. The Kier molecular flexibility index (Phi) is 7.30. The van der Waals surface area contributed by atoms with Crippen LogP contribution in [-0.2, 0) is 11.2 Å². The van der Waals surface area contributed by atoms with Crippen molar-refractivity contribution in [3.8, 4) is 11.5 Å². The highest BCUT2D eigenvalue weighted by molar-refractivity contribution is 5.85. The molecule has 2 aromatic carbocycles. The maximum atomic E-state index is 11.9. The normalized spacial score (nSPS) is 10.6. The molecule has 0 aliphatic carbocycles. The number of hydrogen-bond donors (Lipinski definition) is 1. The predicted octanol–water partition coefficient (Wildman–Crippen LogP) is 3.09. The molecular weight excluding hydrogens is 350 g/mol. The van der Waals surface area contributed by atoms with Crippen molar-refractivity contribution in [2.75, 3.05) is 13.2 Å². The lowest BCUT2D eigenvalue weighted by atomic mass is 10.1. The standard InChI is InChI=1S/C19H21N3O5/c1-3-26-17-11-15(10-16(22(24)25)19(17)27-4-2)13-20-21-18(23)12-14-8-6-5-7-9-14/h5-11,13H,3-4,12H2,1-2H3,(H,21,23)/b20-13-. The van der Waals surface area contributed by atoms with E-state index in [1.807, 2.05) is 30.3 Å². The van der Waals surface area contributed by atoms with Gasteiger partial charge in [-0.2, -0.15) is 5.10 Å². The zero-order valence-electron chi connectivity index (χ0n) is 15.2. The molecule has 0 heterocycles. The highest BCUT2D eigenvalue weighted by Crippen LogP contribution is 2.38. The third kappa shape index (κ3) is 5.81. The summed E-state index contributed by atoms with van der Waals surface area (Å²) in [6.45, 7) is 4.10. The van der Waals surface area contributed by atoms with Crippen molar-refractivity contribution >= 4 is 17.8 Å². The monoisotopic (exact) mass is 371 g/mol. The summed E-state index contributed by atoms with van der Waals surface area (Å²) < 4.78 is 10.8. The van der Waals surface area contributed by atoms with Gasteiger partial charge in [-0.05, 0) is 25.5 Å². The minimum Gasteiger partial charge on any atom is -0.490 e. The van der Waals surface area contributed by atoms with E-state index in [9.17, 15) is 14.9 Å². The minimum absolute atomic E-state index is 0.0783. The second-order valence-corrected chi connectivity index (χ2v) is 5.45. The van der Waals surface area contributed by atoms with Crippen LogP contribution >= 0.6 is 0 Å². The van der Waals surface area contributed by atoms with Gasteiger partial charge in [-0.1, -0.05) is 30.3 Å². The summed E-state index contributed by atoms with van der Waals surface area (Å²) in [5.74, 6) is 0.0446. The van der Waals surface area contributed by atoms with E-state index >= 15 is 0 Å². The van der Waals surface area contributed by atoms with Crippen LogP contribution in [0.25, 0.3) is 0 Å². The molecule has 8 heteroatoms. The number of nitro groups is 1. The van der Waals surface area contributed by atoms with Crippen molar-refractivity contribution in [3.63, 3.8) is 0 Å². The van der Waals surface area contributed by atoms with Gasteiger partial charge in [0.05, 0.1) is 30.8 Å². The summed E-state index contributed by atoms with van der Waals surface area (Å²) in [7, 11) is 0. The fourth-order valence-corrected chi connectivity index (χ4v) is 2.37. The van der Waals surface area contributed by atoms with E-state index in [2.05, 4.69) is 10.5 Å². The van der Waals surface area contributed by atoms with E-state index in [1.54, 1.807) is 19.9 Å². The molecule has 0 aromatic heterocycles. The average molecular weight is 371 g/mol. The summed E-state index contributed by atoms with van der Waals surface area (Å²) in [4.78, 5) is 22.7. The average Bonchev–Trinajstić information content (AvgIpc) is 2.64. The summed E-state index contributed by atoms with van der Waals surface area (Å²) in [5.41, 5.74) is 3.46.